The highest BCUT2D eigenvalue weighted by molar-refractivity contribution is 6.07. The van der Waals surface area contributed by atoms with E-state index in [1.54, 1.807) is 32.9 Å². The summed E-state index contributed by atoms with van der Waals surface area (Å²) in [6.45, 7) is 5.46. The molecule has 1 unspecified atom stereocenters. The Bertz CT molecular complexity index is 1410. The van der Waals surface area contributed by atoms with Crippen molar-refractivity contribution in [1.29, 1.82) is 0 Å². The quantitative estimate of drug-likeness (QED) is 0.238. The van der Waals surface area contributed by atoms with Crippen LogP contribution in [0.5, 0.6) is 11.5 Å². The molecule has 1 saturated heterocycles. The minimum atomic E-state index is -2.32. The number of aliphatic carboxylic acids is 1. The first-order chi connectivity index (χ1) is 19.8. The van der Waals surface area contributed by atoms with Crippen LogP contribution in [-0.4, -0.2) is 63.7 Å². The summed E-state index contributed by atoms with van der Waals surface area (Å²) in [5, 5.41) is 12.4. The summed E-state index contributed by atoms with van der Waals surface area (Å²) in [5.74, 6) is -4.33. The van der Waals surface area contributed by atoms with Crippen LogP contribution in [0.15, 0.2) is 36.5 Å². The van der Waals surface area contributed by atoms with E-state index in [-0.39, 0.29) is 30.3 Å². The van der Waals surface area contributed by atoms with Crippen molar-refractivity contribution in [2.24, 2.45) is 11.8 Å². The van der Waals surface area contributed by atoms with Crippen LogP contribution >= 0.6 is 0 Å². The fraction of sp³-hybridized carbons (Fsp3) is 0.429. The number of nitrogens with one attached hydrogen (secondary N) is 1. The first kappa shape index (κ1) is 30.2. The van der Waals surface area contributed by atoms with Crippen molar-refractivity contribution in [3.8, 4) is 11.5 Å². The Labute approximate surface area is 239 Å². The summed E-state index contributed by atoms with van der Waals surface area (Å²) in [6, 6.07) is 2.31. The van der Waals surface area contributed by atoms with E-state index in [0.29, 0.717) is 21.7 Å². The molecule has 0 bridgehead atoms. The SMILES string of the molecule is CC(C)C(=O)OCOC(=O)Cc1cc(C[C@H]2C(=O)N(C(=O)N[C@H](C)c3ccc4c(c3)OC(C)(F)O4)[C@@H]2C(=O)O)ccn1. The molecule has 2 aliphatic heterocycles. The van der Waals surface area contributed by atoms with Gasteiger partial charge in [-0.25, -0.2) is 14.5 Å². The summed E-state index contributed by atoms with van der Waals surface area (Å²) < 4.78 is 33.8. The Morgan fingerprint density at radius 1 is 1.12 bits per heavy atom. The number of nitrogens with zero attached hydrogens (tertiary/aromatic N) is 2. The second-order valence-electron chi connectivity index (χ2n) is 10.3. The molecule has 3 heterocycles. The van der Waals surface area contributed by atoms with Gasteiger partial charge < -0.3 is 29.4 Å². The number of hydrogen-bond donors (Lipinski definition) is 2. The van der Waals surface area contributed by atoms with E-state index in [1.165, 1.54) is 24.4 Å². The molecule has 3 amide bonds. The van der Waals surface area contributed by atoms with E-state index >= 15 is 0 Å². The standard InChI is InChI=1S/C28H30FN3O10/c1-14(2)26(37)40-13-39-22(33)12-18-9-16(7-8-30-18)10-19-23(25(35)36)32(24(19)34)27(38)31-15(3)17-5-6-20-21(11-17)42-28(4,29)41-20/h5-9,11,14-15,19,23H,10,12-13H2,1-4H3,(H,31,38)(H,35,36)/t15-,19-,23+,28?/m1/s1. The van der Waals surface area contributed by atoms with Crippen LogP contribution in [0.2, 0.25) is 0 Å². The zero-order valence-corrected chi connectivity index (χ0v) is 23.3. The number of alkyl halides is 1. The summed E-state index contributed by atoms with van der Waals surface area (Å²) in [4.78, 5) is 66.2. The minimum Gasteiger partial charge on any atom is -0.480 e. The van der Waals surface area contributed by atoms with Gasteiger partial charge in [-0.05, 0) is 48.7 Å². The number of carboxylic acids is 1. The predicted octanol–water partition coefficient (Wildman–Crippen LogP) is 2.66. The Hall–Kier alpha value is -4.75. The van der Waals surface area contributed by atoms with Crippen LogP contribution in [-0.2, 0) is 41.5 Å². The molecule has 2 aromatic rings. The third-order valence-corrected chi connectivity index (χ3v) is 6.63. The number of carboxylic acid groups (broad SMARTS) is 1. The number of esters is 2. The van der Waals surface area contributed by atoms with Crippen molar-refractivity contribution in [2.75, 3.05) is 6.79 Å². The number of likely N-dealkylation sites (tertiary alicyclic amines) is 1. The van der Waals surface area contributed by atoms with E-state index in [9.17, 15) is 33.5 Å². The molecule has 0 spiro atoms. The topological polar surface area (TPSA) is 171 Å². The van der Waals surface area contributed by atoms with Gasteiger partial charge in [0.2, 0.25) is 12.7 Å². The summed E-state index contributed by atoms with van der Waals surface area (Å²) in [7, 11) is 0. The third-order valence-electron chi connectivity index (χ3n) is 6.63. The maximum Gasteiger partial charge on any atom is 0.404 e. The Balaban J connectivity index is 1.35. The molecule has 0 radical (unpaired) electrons. The number of aromatic nitrogens is 1. The van der Waals surface area contributed by atoms with Gasteiger partial charge in [0.05, 0.1) is 30.0 Å². The highest BCUT2D eigenvalue weighted by Crippen LogP contribution is 2.41. The normalized spacial score (nSPS) is 21.4. The molecule has 1 fully saturated rings. The molecule has 4 atom stereocenters. The Morgan fingerprint density at radius 3 is 2.52 bits per heavy atom. The molecule has 1 aromatic carbocycles. The molecule has 14 heteroatoms. The van der Waals surface area contributed by atoms with Gasteiger partial charge >= 0.3 is 30.0 Å². The van der Waals surface area contributed by atoms with Gasteiger partial charge in [-0.2, -0.15) is 4.39 Å². The van der Waals surface area contributed by atoms with Gasteiger partial charge in [-0.15, -0.1) is 0 Å². The van der Waals surface area contributed by atoms with Gasteiger partial charge in [0.1, 0.15) is 0 Å². The molecule has 2 aliphatic rings. The highest BCUT2D eigenvalue weighted by Gasteiger charge is 2.54. The maximum absolute atomic E-state index is 14.0. The fourth-order valence-corrected chi connectivity index (χ4v) is 4.49. The van der Waals surface area contributed by atoms with E-state index in [2.05, 4.69) is 10.3 Å². The number of ether oxygens (including phenoxy) is 4. The van der Waals surface area contributed by atoms with E-state index in [1.807, 2.05) is 0 Å². The largest absolute Gasteiger partial charge is 0.480 e. The van der Waals surface area contributed by atoms with Crippen molar-refractivity contribution < 1.29 is 52.4 Å². The van der Waals surface area contributed by atoms with Crippen molar-refractivity contribution in [3.05, 3.63) is 53.3 Å². The van der Waals surface area contributed by atoms with E-state index in [0.717, 1.165) is 6.92 Å². The lowest BCUT2D eigenvalue weighted by atomic mass is 9.82. The molecule has 224 valence electrons. The van der Waals surface area contributed by atoms with Crippen molar-refractivity contribution in [2.45, 2.75) is 58.7 Å². The zero-order valence-electron chi connectivity index (χ0n) is 23.3. The number of amides is 3. The molecular formula is C28H30FN3O10. The van der Waals surface area contributed by atoms with Gasteiger partial charge in [0, 0.05) is 13.1 Å². The molecule has 13 nitrogen and oxygen atoms in total. The molecule has 42 heavy (non-hydrogen) atoms. The van der Waals surface area contributed by atoms with E-state index < -0.39 is 60.7 Å². The number of benzene rings is 1. The van der Waals surface area contributed by atoms with Crippen molar-refractivity contribution in [1.82, 2.24) is 15.2 Å². The lowest BCUT2D eigenvalue weighted by molar-refractivity contribution is -0.173. The predicted molar refractivity (Wildman–Crippen MR) is 139 cm³/mol. The number of urea groups is 1. The Kier molecular flexibility index (Phi) is 8.64. The smallest absolute Gasteiger partial charge is 0.404 e. The van der Waals surface area contributed by atoms with Crippen LogP contribution < -0.4 is 14.8 Å². The van der Waals surface area contributed by atoms with Crippen LogP contribution in [0, 0.1) is 11.8 Å². The number of carbonyl (C=O) groups excluding carboxylic acids is 4. The summed E-state index contributed by atoms with van der Waals surface area (Å²) in [6.07, 6.45) is 1.14. The molecular weight excluding hydrogens is 557 g/mol. The first-order valence-electron chi connectivity index (χ1n) is 13.1. The second kappa shape index (κ2) is 12.0. The molecule has 4 rings (SSSR count). The van der Waals surface area contributed by atoms with E-state index in [4.69, 9.17) is 18.9 Å². The number of rotatable bonds is 10. The third kappa shape index (κ3) is 6.75. The van der Waals surface area contributed by atoms with Crippen LogP contribution in [0.1, 0.15) is 50.6 Å². The molecule has 2 N–H and O–H groups in total. The molecule has 1 aromatic heterocycles. The lowest BCUT2D eigenvalue weighted by Crippen LogP contribution is -2.68. The van der Waals surface area contributed by atoms with Crippen molar-refractivity contribution >= 4 is 29.8 Å². The number of halogens is 1. The minimum absolute atomic E-state index is 0.0180. The van der Waals surface area contributed by atoms with Gasteiger partial charge in [0.15, 0.2) is 17.5 Å². The zero-order chi connectivity index (χ0) is 30.8. The van der Waals surface area contributed by atoms with Gasteiger partial charge in [-0.3, -0.25) is 19.4 Å². The second-order valence-corrected chi connectivity index (χ2v) is 10.3. The number of pyridine rings is 1. The fourth-order valence-electron chi connectivity index (χ4n) is 4.49. The van der Waals surface area contributed by atoms with Crippen LogP contribution in [0.4, 0.5) is 9.18 Å². The maximum atomic E-state index is 14.0. The van der Waals surface area contributed by atoms with Crippen LogP contribution in [0.25, 0.3) is 0 Å². The number of imide groups is 1. The monoisotopic (exact) mass is 587 g/mol. The van der Waals surface area contributed by atoms with Gasteiger partial charge in [-0.1, -0.05) is 19.9 Å². The summed E-state index contributed by atoms with van der Waals surface area (Å²) in [5.41, 5.74) is 1.34. The number of fused-ring (bicyclic) bond motifs is 1. The molecule has 0 aliphatic carbocycles. The number of β-lactam (4-membered cyclic amide) rings is 1. The first-order valence-corrected chi connectivity index (χ1v) is 13.1. The lowest BCUT2D eigenvalue weighted by Gasteiger charge is -2.43. The summed E-state index contributed by atoms with van der Waals surface area (Å²) >= 11 is 0. The van der Waals surface area contributed by atoms with Gasteiger partial charge in [0.25, 0.3) is 0 Å². The average Bonchev–Trinajstić information content (AvgIpc) is 3.22. The number of hydrogen-bond acceptors (Lipinski definition) is 10. The molecule has 0 saturated carbocycles. The average molecular weight is 588 g/mol. The number of carbonyl (C=O) groups is 5. The van der Waals surface area contributed by atoms with Crippen molar-refractivity contribution in [3.63, 3.8) is 0 Å². The Morgan fingerprint density at radius 2 is 1.83 bits per heavy atom. The van der Waals surface area contributed by atoms with Crippen LogP contribution in [0.3, 0.4) is 0 Å². The highest BCUT2D eigenvalue weighted by atomic mass is 19.2.